The van der Waals surface area contributed by atoms with Crippen LogP contribution >= 0.6 is 23.1 Å². The Balaban J connectivity index is 1.97. The fourth-order valence-corrected chi connectivity index (χ4v) is 6.48. The maximum absolute atomic E-state index is 13.3. The van der Waals surface area contributed by atoms with Gasteiger partial charge in [-0.05, 0) is 58.4 Å². The number of thioether (sulfide) groups is 1. The number of nitrogens with zero attached hydrogens (tertiary/aromatic N) is 3. The zero-order valence-corrected chi connectivity index (χ0v) is 19.7. The van der Waals surface area contributed by atoms with Crippen LogP contribution in [0, 0.1) is 5.92 Å². The molecule has 0 spiro atoms. The number of carbonyl (C=O) groups is 1. The van der Waals surface area contributed by atoms with Crippen molar-refractivity contribution >= 4 is 39.2 Å². The van der Waals surface area contributed by atoms with Crippen molar-refractivity contribution < 1.29 is 4.79 Å². The number of allylic oxidation sites excluding steroid dienone is 1. The van der Waals surface area contributed by atoms with Gasteiger partial charge in [0.05, 0.1) is 11.1 Å². The van der Waals surface area contributed by atoms with Crippen molar-refractivity contribution in [3.63, 3.8) is 0 Å². The zero-order chi connectivity index (χ0) is 21.3. The summed E-state index contributed by atoms with van der Waals surface area (Å²) in [6, 6.07) is 0.278. The van der Waals surface area contributed by atoms with E-state index in [1.54, 1.807) is 22.0 Å². The molecule has 1 atom stereocenters. The molecule has 0 fully saturated rings. The number of carbonyl (C=O) groups excluding carboxylic acids is 1. The first-order valence-electron chi connectivity index (χ1n) is 10.3. The van der Waals surface area contributed by atoms with Crippen LogP contribution < -0.4 is 5.56 Å². The first-order valence-corrected chi connectivity index (χ1v) is 12.1. The fourth-order valence-electron chi connectivity index (χ4n) is 4.18. The van der Waals surface area contributed by atoms with E-state index in [4.69, 9.17) is 4.98 Å². The van der Waals surface area contributed by atoms with E-state index < -0.39 is 0 Å². The average Bonchev–Trinajstić information content (AvgIpc) is 2.99. The molecule has 0 radical (unpaired) electrons. The van der Waals surface area contributed by atoms with Gasteiger partial charge in [-0.3, -0.25) is 14.2 Å². The van der Waals surface area contributed by atoms with Gasteiger partial charge in [0, 0.05) is 23.5 Å². The molecule has 2 aromatic heterocycles. The van der Waals surface area contributed by atoms with Gasteiger partial charge in [0.25, 0.3) is 5.56 Å². The highest BCUT2D eigenvalue weighted by atomic mass is 32.2. The molecule has 0 bridgehead atoms. The van der Waals surface area contributed by atoms with Crippen LogP contribution in [0.3, 0.4) is 0 Å². The number of aromatic nitrogens is 2. The van der Waals surface area contributed by atoms with Gasteiger partial charge >= 0.3 is 0 Å². The minimum atomic E-state index is 0.00137. The second-order valence-corrected chi connectivity index (χ2v) is 10.4. The topological polar surface area (TPSA) is 55.2 Å². The van der Waals surface area contributed by atoms with Gasteiger partial charge in [-0.25, -0.2) is 4.98 Å². The minimum Gasteiger partial charge on any atom is -0.337 e. The molecule has 1 aliphatic carbocycles. The lowest BCUT2D eigenvalue weighted by Crippen LogP contribution is -2.43. The molecule has 2 aromatic rings. The summed E-state index contributed by atoms with van der Waals surface area (Å²) >= 11 is 3.00. The maximum atomic E-state index is 13.3. The molecule has 1 aliphatic rings. The Labute approximate surface area is 181 Å². The van der Waals surface area contributed by atoms with Crippen LogP contribution in [0.2, 0.25) is 0 Å². The normalized spacial score (nSPS) is 16.4. The summed E-state index contributed by atoms with van der Waals surface area (Å²) in [4.78, 5) is 34.9. The Kier molecular flexibility index (Phi) is 6.89. The SMILES string of the molecule is C=CCn1c(SCC(=O)N(C(C)C)C(C)C)nc2sc3c(c2c1=O)CC[C@H](C)C3. The van der Waals surface area contributed by atoms with E-state index in [1.165, 1.54) is 22.2 Å². The quantitative estimate of drug-likeness (QED) is 0.366. The Bertz CT molecular complexity index is 967. The molecule has 158 valence electrons. The summed E-state index contributed by atoms with van der Waals surface area (Å²) in [7, 11) is 0. The van der Waals surface area contributed by atoms with E-state index in [9.17, 15) is 9.59 Å². The van der Waals surface area contributed by atoms with Gasteiger partial charge in [-0.2, -0.15) is 0 Å². The minimum absolute atomic E-state index is 0.00137. The van der Waals surface area contributed by atoms with Crippen LogP contribution in [0.5, 0.6) is 0 Å². The lowest BCUT2D eigenvalue weighted by molar-refractivity contribution is -0.131. The van der Waals surface area contributed by atoms with Crippen molar-refractivity contribution in [2.24, 2.45) is 5.92 Å². The number of rotatable bonds is 7. The van der Waals surface area contributed by atoms with Gasteiger partial charge in [0.2, 0.25) is 5.91 Å². The number of thiophene rings is 1. The molecule has 2 heterocycles. The largest absolute Gasteiger partial charge is 0.337 e. The molecule has 0 saturated heterocycles. The lowest BCUT2D eigenvalue weighted by Gasteiger charge is -2.30. The van der Waals surface area contributed by atoms with Crippen molar-refractivity contribution in [1.82, 2.24) is 14.5 Å². The molecule has 5 nitrogen and oxygen atoms in total. The summed E-state index contributed by atoms with van der Waals surface area (Å²) in [5, 5.41) is 1.38. The van der Waals surface area contributed by atoms with Crippen LogP contribution in [0.25, 0.3) is 10.2 Å². The third-order valence-corrected chi connectivity index (χ3v) is 7.53. The molecule has 0 saturated carbocycles. The molecule has 1 amide bonds. The van der Waals surface area contributed by atoms with E-state index in [0.717, 1.165) is 29.5 Å². The molecular formula is C22H31N3O2S2. The molecule has 29 heavy (non-hydrogen) atoms. The molecule has 0 aliphatic heterocycles. The highest BCUT2D eigenvalue weighted by Crippen LogP contribution is 2.36. The van der Waals surface area contributed by atoms with Crippen molar-refractivity contribution in [2.75, 3.05) is 5.75 Å². The lowest BCUT2D eigenvalue weighted by atomic mass is 9.89. The molecule has 0 N–H and O–H groups in total. The van der Waals surface area contributed by atoms with Gasteiger partial charge in [-0.1, -0.05) is 24.8 Å². The third-order valence-electron chi connectivity index (χ3n) is 5.42. The first-order chi connectivity index (χ1) is 13.7. The Morgan fingerprint density at radius 2 is 2.07 bits per heavy atom. The molecule has 7 heteroatoms. The Hall–Kier alpha value is -1.60. The summed E-state index contributed by atoms with van der Waals surface area (Å²) < 4.78 is 1.67. The van der Waals surface area contributed by atoms with E-state index in [2.05, 4.69) is 13.5 Å². The number of hydrogen-bond donors (Lipinski definition) is 0. The number of hydrogen-bond acceptors (Lipinski definition) is 5. The van der Waals surface area contributed by atoms with Crippen LogP contribution in [-0.2, 0) is 24.2 Å². The predicted molar refractivity (Wildman–Crippen MR) is 123 cm³/mol. The summed E-state index contributed by atoms with van der Waals surface area (Å²) in [6.07, 6.45) is 4.81. The monoisotopic (exact) mass is 433 g/mol. The van der Waals surface area contributed by atoms with Crippen LogP contribution in [0.15, 0.2) is 22.6 Å². The van der Waals surface area contributed by atoms with Crippen molar-refractivity contribution in [2.45, 2.75) is 77.7 Å². The Morgan fingerprint density at radius 1 is 1.38 bits per heavy atom. The summed E-state index contributed by atoms with van der Waals surface area (Å²) in [5.74, 6) is 0.988. The van der Waals surface area contributed by atoms with Gasteiger partial charge in [0.1, 0.15) is 4.83 Å². The van der Waals surface area contributed by atoms with Crippen LogP contribution in [0.4, 0.5) is 0 Å². The van der Waals surface area contributed by atoms with Crippen LogP contribution in [0.1, 0.15) is 51.5 Å². The Morgan fingerprint density at radius 3 is 2.69 bits per heavy atom. The number of amides is 1. The first kappa shape index (κ1) is 22.1. The van der Waals surface area contributed by atoms with Crippen molar-refractivity contribution in [1.29, 1.82) is 0 Å². The second kappa shape index (κ2) is 9.04. The molecule has 0 unspecified atom stereocenters. The van der Waals surface area contributed by atoms with Gasteiger partial charge in [0.15, 0.2) is 5.16 Å². The number of fused-ring (bicyclic) bond motifs is 3. The third kappa shape index (κ3) is 4.45. The van der Waals surface area contributed by atoms with E-state index >= 15 is 0 Å². The molecule has 3 rings (SSSR count). The molecular weight excluding hydrogens is 402 g/mol. The smallest absolute Gasteiger partial charge is 0.263 e. The summed E-state index contributed by atoms with van der Waals surface area (Å²) in [5.41, 5.74) is 1.19. The standard InChI is InChI=1S/C22H31N3O2S2/c1-7-10-24-21(27)19-16-9-8-15(6)11-17(16)29-20(19)23-22(24)28-12-18(26)25(13(2)3)14(4)5/h7,13-15H,1,8-12H2,2-6H3/t15-/m0/s1. The highest BCUT2D eigenvalue weighted by molar-refractivity contribution is 7.99. The van der Waals surface area contributed by atoms with Crippen molar-refractivity contribution in [3.05, 3.63) is 33.4 Å². The maximum Gasteiger partial charge on any atom is 0.263 e. The molecule has 0 aromatic carbocycles. The zero-order valence-electron chi connectivity index (χ0n) is 18.0. The number of aryl methyl sites for hydroxylation is 1. The van der Waals surface area contributed by atoms with Gasteiger partial charge < -0.3 is 4.90 Å². The average molecular weight is 434 g/mol. The van der Waals surface area contributed by atoms with Gasteiger partial charge in [-0.15, -0.1) is 17.9 Å². The second-order valence-electron chi connectivity index (χ2n) is 8.41. The van der Waals surface area contributed by atoms with E-state index in [1.807, 2.05) is 32.6 Å². The highest BCUT2D eigenvalue weighted by Gasteiger charge is 2.25. The summed E-state index contributed by atoms with van der Waals surface area (Å²) in [6.45, 7) is 14.6. The van der Waals surface area contributed by atoms with Crippen molar-refractivity contribution in [3.8, 4) is 0 Å². The van der Waals surface area contributed by atoms with E-state index in [0.29, 0.717) is 17.6 Å². The van der Waals surface area contributed by atoms with E-state index in [-0.39, 0.29) is 29.3 Å². The predicted octanol–water partition coefficient (Wildman–Crippen LogP) is 4.51. The fraction of sp³-hybridized carbons (Fsp3) is 0.591. The van der Waals surface area contributed by atoms with Crippen LogP contribution in [-0.4, -0.2) is 38.2 Å².